The lowest BCUT2D eigenvalue weighted by molar-refractivity contribution is -0.0956. The van der Waals surface area contributed by atoms with Gasteiger partial charge in [-0.1, -0.05) is 16.9 Å². The van der Waals surface area contributed by atoms with Crippen LogP contribution >= 0.6 is 11.8 Å². The van der Waals surface area contributed by atoms with Gasteiger partial charge in [-0.3, -0.25) is 4.79 Å². The van der Waals surface area contributed by atoms with Crippen LogP contribution in [0.15, 0.2) is 33.9 Å². The van der Waals surface area contributed by atoms with Crippen molar-refractivity contribution in [2.75, 3.05) is 26.3 Å². The number of nitrogens with zero attached hydrogens (tertiary/aromatic N) is 3. The summed E-state index contributed by atoms with van der Waals surface area (Å²) in [5.41, 5.74) is 1.49. The number of carbonyl (C=O) groups is 1. The van der Waals surface area contributed by atoms with Gasteiger partial charge in [0.05, 0.1) is 24.5 Å². The van der Waals surface area contributed by atoms with Crippen LogP contribution in [0, 0.1) is 12.8 Å². The van der Waals surface area contributed by atoms with Crippen LogP contribution in [0.2, 0.25) is 0 Å². The van der Waals surface area contributed by atoms with Crippen LogP contribution in [-0.4, -0.2) is 53.5 Å². The molecule has 0 bridgehead atoms. The van der Waals surface area contributed by atoms with Crippen molar-refractivity contribution in [2.24, 2.45) is 5.92 Å². The fraction of sp³-hybridized carbons (Fsp3) is 0.526. The van der Waals surface area contributed by atoms with Crippen LogP contribution in [0.3, 0.4) is 0 Å². The zero-order valence-electron chi connectivity index (χ0n) is 15.3. The average Bonchev–Trinajstić information content (AvgIpc) is 3.38. The highest BCUT2D eigenvalue weighted by atomic mass is 32.2. The maximum atomic E-state index is 13.0. The summed E-state index contributed by atoms with van der Waals surface area (Å²) in [6.45, 7) is 4.64. The zero-order valence-corrected chi connectivity index (χ0v) is 16.1. The summed E-state index contributed by atoms with van der Waals surface area (Å²) in [6.07, 6.45) is 3.42. The highest BCUT2D eigenvalue weighted by Gasteiger charge is 2.32. The third-order valence-corrected chi connectivity index (χ3v) is 5.93. The lowest BCUT2D eigenvalue weighted by Crippen LogP contribution is -2.41. The van der Waals surface area contributed by atoms with Crippen LogP contribution in [0.1, 0.15) is 34.7 Å². The average molecular weight is 389 g/mol. The Kier molecular flexibility index (Phi) is 5.75. The van der Waals surface area contributed by atoms with Crippen molar-refractivity contribution in [2.45, 2.75) is 36.8 Å². The first-order valence-corrected chi connectivity index (χ1v) is 10.2. The van der Waals surface area contributed by atoms with Crippen molar-refractivity contribution >= 4 is 17.7 Å². The lowest BCUT2D eigenvalue weighted by atomic mass is 9.96. The van der Waals surface area contributed by atoms with Crippen molar-refractivity contribution in [1.82, 2.24) is 15.0 Å². The number of hydrogen-bond acceptors (Lipinski definition) is 7. The topological polar surface area (TPSA) is 77.7 Å². The Morgan fingerprint density at radius 1 is 1.30 bits per heavy atom. The second kappa shape index (κ2) is 8.41. The van der Waals surface area contributed by atoms with Gasteiger partial charge >= 0.3 is 0 Å². The van der Waals surface area contributed by atoms with Gasteiger partial charge < -0.3 is 18.9 Å². The monoisotopic (exact) mass is 389 g/mol. The van der Waals surface area contributed by atoms with E-state index in [2.05, 4.69) is 10.1 Å². The molecular weight excluding hydrogens is 366 g/mol. The first-order valence-electron chi connectivity index (χ1n) is 9.23. The smallest absolute Gasteiger partial charge is 0.256 e. The number of amides is 1. The van der Waals surface area contributed by atoms with Gasteiger partial charge in [0.1, 0.15) is 10.8 Å². The van der Waals surface area contributed by atoms with E-state index in [0.717, 1.165) is 29.3 Å². The molecule has 7 nitrogen and oxygen atoms in total. The quantitative estimate of drug-likeness (QED) is 0.728. The molecule has 2 saturated heterocycles. The normalized spacial score (nSPS) is 18.9. The zero-order chi connectivity index (χ0) is 18.6. The molecule has 0 aliphatic carbocycles. The molecule has 0 aromatic carbocycles. The number of pyridine rings is 1. The molecule has 2 aromatic rings. The first kappa shape index (κ1) is 18.5. The Morgan fingerprint density at radius 2 is 2.07 bits per heavy atom. The molecule has 2 fully saturated rings. The maximum absolute atomic E-state index is 13.0. The summed E-state index contributed by atoms with van der Waals surface area (Å²) >= 11 is 1.51. The van der Waals surface area contributed by atoms with E-state index < -0.39 is 0 Å². The van der Waals surface area contributed by atoms with E-state index >= 15 is 0 Å². The van der Waals surface area contributed by atoms with E-state index in [1.165, 1.54) is 11.8 Å². The SMILES string of the molecule is Cc1cc(CSc2ncccc2C(=O)N2CCC(C3OCCO3)CC2)no1. The van der Waals surface area contributed by atoms with E-state index in [4.69, 9.17) is 14.0 Å². The van der Waals surface area contributed by atoms with Crippen molar-refractivity contribution < 1.29 is 18.8 Å². The first-order chi connectivity index (χ1) is 13.2. The lowest BCUT2D eigenvalue weighted by Gasteiger charge is -2.34. The Bertz CT molecular complexity index is 783. The minimum atomic E-state index is -0.0994. The number of rotatable bonds is 5. The molecule has 0 unspecified atom stereocenters. The number of piperidine rings is 1. The molecule has 0 radical (unpaired) electrons. The third-order valence-electron chi connectivity index (χ3n) is 4.89. The predicted octanol–water partition coefficient (Wildman–Crippen LogP) is 2.90. The molecule has 2 aromatic heterocycles. The molecule has 4 rings (SSSR count). The van der Waals surface area contributed by atoms with E-state index in [0.29, 0.717) is 43.5 Å². The van der Waals surface area contributed by atoms with Gasteiger partial charge in [-0.2, -0.15) is 0 Å². The molecule has 4 heterocycles. The number of ether oxygens (including phenoxy) is 2. The van der Waals surface area contributed by atoms with Crippen molar-refractivity contribution in [3.05, 3.63) is 41.4 Å². The summed E-state index contributed by atoms with van der Waals surface area (Å²) in [4.78, 5) is 19.4. The highest BCUT2D eigenvalue weighted by Crippen LogP contribution is 2.29. The molecular formula is C19H23N3O4S. The van der Waals surface area contributed by atoms with Crippen molar-refractivity contribution in [3.8, 4) is 0 Å². The number of aromatic nitrogens is 2. The molecule has 2 aliphatic heterocycles. The molecule has 144 valence electrons. The Labute approximate surface area is 162 Å². The molecule has 0 spiro atoms. The molecule has 27 heavy (non-hydrogen) atoms. The molecule has 8 heteroatoms. The number of aryl methyl sites for hydroxylation is 1. The van der Waals surface area contributed by atoms with Crippen molar-refractivity contribution in [3.63, 3.8) is 0 Å². The number of thioether (sulfide) groups is 1. The van der Waals surface area contributed by atoms with Crippen LogP contribution in [0.5, 0.6) is 0 Å². The summed E-state index contributed by atoms with van der Waals surface area (Å²) in [6, 6.07) is 5.56. The van der Waals surface area contributed by atoms with E-state index in [1.807, 2.05) is 30.0 Å². The summed E-state index contributed by atoms with van der Waals surface area (Å²) in [7, 11) is 0. The standard InChI is InChI=1S/C19H23N3O4S/c1-13-11-15(21-26-13)12-27-17-16(3-2-6-20-17)18(23)22-7-4-14(5-8-22)19-24-9-10-25-19/h2-3,6,11,14,19H,4-5,7-10,12H2,1H3. The van der Waals surface area contributed by atoms with Crippen LogP contribution in [-0.2, 0) is 15.2 Å². The van der Waals surface area contributed by atoms with Crippen LogP contribution in [0.25, 0.3) is 0 Å². The maximum Gasteiger partial charge on any atom is 0.256 e. The fourth-order valence-corrected chi connectivity index (χ4v) is 4.36. The van der Waals surface area contributed by atoms with E-state index in [-0.39, 0.29) is 12.2 Å². The van der Waals surface area contributed by atoms with Gasteiger partial charge in [-0.25, -0.2) is 4.98 Å². The molecule has 0 saturated carbocycles. The third kappa shape index (κ3) is 4.34. The van der Waals surface area contributed by atoms with E-state index in [1.54, 1.807) is 6.20 Å². The second-order valence-electron chi connectivity index (χ2n) is 6.81. The predicted molar refractivity (Wildman–Crippen MR) is 99.4 cm³/mol. The van der Waals surface area contributed by atoms with Gasteiger partial charge in [0, 0.05) is 37.0 Å². The van der Waals surface area contributed by atoms with Crippen molar-refractivity contribution in [1.29, 1.82) is 0 Å². The highest BCUT2D eigenvalue weighted by molar-refractivity contribution is 7.98. The summed E-state index contributed by atoms with van der Waals surface area (Å²) < 4.78 is 16.3. The van der Waals surface area contributed by atoms with Gasteiger partial charge in [0.15, 0.2) is 6.29 Å². The number of hydrogen-bond donors (Lipinski definition) is 0. The summed E-state index contributed by atoms with van der Waals surface area (Å²) in [5, 5.41) is 4.73. The largest absolute Gasteiger partial charge is 0.361 e. The van der Waals surface area contributed by atoms with Crippen LogP contribution in [0.4, 0.5) is 0 Å². The van der Waals surface area contributed by atoms with Gasteiger partial charge in [0.2, 0.25) is 0 Å². The van der Waals surface area contributed by atoms with Gasteiger partial charge in [-0.15, -0.1) is 0 Å². The van der Waals surface area contributed by atoms with Gasteiger partial charge in [-0.05, 0) is 31.9 Å². The Hall–Kier alpha value is -1.90. The number of carbonyl (C=O) groups excluding carboxylic acids is 1. The second-order valence-corrected chi connectivity index (χ2v) is 7.78. The Balaban J connectivity index is 1.38. The number of likely N-dealkylation sites (tertiary alicyclic amines) is 1. The van der Waals surface area contributed by atoms with E-state index in [9.17, 15) is 4.79 Å². The van der Waals surface area contributed by atoms with Gasteiger partial charge in [0.25, 0.3) is 5.91 Å². The Morgan fingerprint density at radius 3 is 2.78 bits per heavy atom. The minimum absolute atomic E-state index is 0.0358. The fourth-order valence-electron chi connectivity index (χ4n) is 3.49. The van der Waals surface area contributed by atoms with Crippen LogP contribution < -0.4 is 0 Å². The molecule has 2 aliphatic rings. The summed E-state index contributed by atoms with van der Waals surface area (Å²) in [5.74, 6) is 1.80. The molecule has 1 amide bonds. The minimum Gasteiger partial charge on any atom is -0.361 e. The molecule has 0 atom stereocenters. The molecule has 0 N–H and O–H groups in total.